The molecule has 4 aromatic rings. The molecule has 0 bridgehead atoms. The number of hydrogen-bond acceptors (Lipinski definition) is 1. The molecule has 0 aliphatic rings. The van der Waals surface area contributed by atoms with Crippen LogP contribution >= 0.6 is 15.9 Å². The Morgan fingerprint density at radius 1 is 0.594 bits per heavy atom. The maximum absolute atomic E-state index is 3.57. The first-order valence-corrected chi connectivity index (χ1v) is 12.3. The van der Waals surface area contributed by atoms with E-state index in [1.807, 2.05) is 0 Å². The van der Waals surface area contributed by atoms with Gasteiger partial charge < -0.3 is 4.90 Å². The first-order valence-electron chi connectivity index (χ1n) is 11.5. The number of rotatable bonds is 8. The van der Waals surface area contributed by atoms with Crippen LogP contribution in [0.4, 0.5) is 17.1 Å². The van der Waals surface area contributed by atoms with Crippen molar-refractivity contribution in [1.29, 1.82) is 0 Å². The van der Waals surface area contributed by atoms with Crippen LogP contribution in [0.1, 0.15) is 37.8 Å². The lowest BCUT2D eigenvalue weighted by Crippen LogP contribution is -2.11. The minimum absolute atomic E-state index is 1.09. The highest BCUT2D eigenvalue weighted by Gasteiger charge is 2.17. The topological polar surface area (TPSA) is 3.24 Å². The Bertz CT molecular complexity index is 1080. The van der Waals surface area contributed by atoms with Gasteiger partial charge in [0.05, 0.1) is 5.69 Å². The van der Waals surface area contributed by atoms with Gasteiger partial charge in [0.15, 0.2) is 0 Å². The SMILES string of the molecule is CCCc1ccc(N(c2ccc(CCC)cc2)c2ccccc2-c2ccc(Br)cc2)cc1. The summed E-state index contributed by atoms with van der Waals surface area (Å²) in [6.07, 6.45) is 4.55. The molecule has 0 atom stereocenters. The van der Waals surface area contributed by atoms with Crippen molar-refractivity contribution in [3.05, 3.63) is 113 Å². The third-order valence-corrected chi connectivity index (χ3v) is 6.30. The molecule has 0 heterocycles. The summed E-state index contributed by atoms with van der Waals surface area (Å²) < 4.78 is 1.09. The number of aryl methyl sites for hydroxylation is 2. The van der Waals surface area contributed by atoms with Crippen molar-refractivity contribution in [2.24, 2.45) is 0 Å². The smallest absolute Gasteiger partial charge is 0.0540 e. The van der Waals surface area contributed by atoms with Crippen LogP contribution in [-0.2, 0) is 12.8 Å². The van der Waals surface area contributed by atoms with Crippen LogP contribution in [0.3, 0.4) is 0 Å². The molecule has 0 N–H and O–H groups in total. The Kier molecular flexibility index (Phi) is 7.44. The summed E-state index contributed by atoms with van der Waals surface area (Å²) in [5.74, 6) is 0. The number of hydrogen-bond donors (Lipinski definition) is 0. The summed E-state index contributed by atoms with van der Waals surface area (Å²) in [6.45, 7) is 4.46. The van der Waals surface area contributed by atoms with E-state index in [0.29, 0.717) is 0 Å². The summed E-state index contributed by atoms with van der Waals surface area (Å²) in [4.78, 5) is 2.38. The molecule has 4 rings (SSSR count). The molecule has 1 nitrogen and oxygen atoms in total. The zero-order chi connectivity index (χ0) is 22.3. The predicted octanol–water partition coefficient (Wildman–Crippen LogP) is 9.49. The van der Waals surface area contributed by atoms with Gasteiger partial charge in [-0.15, -0.1) is 0 Å². The summed E-state index contributed by atoms with van der Waals surface area (Å²) in [5.41, 5.74) is 8.73. The predicted molar refractivity (Wildman–Crippen MR) is 142 cm³/mol. The maximum Gasteiger partial charge on any atom is 0.0540 e. The molecule has 0 amide bonds. The lowest BCUT2D eigenvalue weighted by atomic mass is 10.0. The van der Waals surface area contributed by atoms with Crippen molar-refractivity contribution >= 4 is 33.0 Å². The van der Waals surface area contributed by atoms with Crippen LogP contribution in [0.2, 0.25) is 0 Å². The van der Waals surface area contributed by atoms with E-state index in [1.54, 1.807) is 0 Å². The van der Waals surface area contributed by atoms with E-state index in [4.69, 9.17) is 0 Å². The molecule has 0 radical (unpaired) electrons. The average molecular weight is 484 g/mol. The highest BCUT2D eigenvalue weighted by atomic mass is 79.9. The van der Waals surface area contributed by atoms with Gasteiger partial charge in [0.2, 0.25) is 0 Å². The van der Waals surface area contributed by atoms with E-state index in [-0.39, 0.29) is 0 Å². The number of para-hydroxylation sites is 1. The van der Waals surface area contributed by atoms with Gasteiger partial charge in [-0.3, -0.25) is 0 Å². The van der Waals surface area contributed by atoms with Gasteiger partial charge in [0.1, 0.15) is 0 Å². The highest BCUT2D eigenvalue weighted by Crippen LogP contribution is 2.41. The third-order valence-electron chi connectivity index (χ3n) is 5.77. The molecule has 0 aliphatic carbocycles. The van der Waals surface area contributed by atoms with Gasteiger partial charge in [-0.2, -0.15) is 0 Å². The second-order valence-electron chi connectivity index (χ2n) is 8.19. The zero-order valence-corrected chi connectivity index (χ0v) is 20.5. The van der Waals surface area contributed by atoms with Crippen molar-refractivity contribution < 1.29 is 0 Å². The van der Waals surface area contributed by atoms with Crippen LogP contribution in [0.15, 0.2) is 102 Å². The molecule has 0 unspecified atom stereocenters. The van der Waals surface area contributed by atoms with Crippen molar-refractivity contribution in [3.63, 3.8) is 0 Å². The van der Waals surface area contributed by atoms with Gasteiger partial charge >= 0.3 is 0 Å². The van der Waals surface area contributed by atoms with Crippen molar-refractivity contribution in [1.82, 2.24) is 0 Å². The Hall–Kier alpha value is -2.84. The zero-order valence-electron chi connectivity index (χ0n) is 18.9. The normalized spacial score (nSPS) is 10.8. The van der Waals surface area contributed by atoms with Gasteiger partial charge in [0.25, 0.3) is 0 Å². The molecule has 0 spiro atoms. The lowest BCUT2D eigenvalue weighted by molar-refractivity contribution is 0.921. The molecular weight excluding hydrogens is 454 g/mol. The quantitative estimate of drug-likeness (QED) is 0.241. The minimum atomic E-state index is 1.09. The maximum atomic E-state index is 3.57. The molecular formula is C30H30BrN. The fraction of sp³-hybridized carbons (Fsp3) is 0.200. The van der Waals surface area contributed by atoms with Crippen LogP contribution in [0, 0.1) is 0 Å². The van der Waals surface area contributed by atoms with Gasteiger partial charge in [0, 0.05) is 21.4 Å². The van der Waals surface area contributed by atoms with Crippen molar-refractivity contribution in [2.75, 3.05) is 4.90 Å². The summed E-state index contributed by atoms with van der Waals surface area (Å²) in [5, 5.41) is 0. The molecule has 2 heteroatoms. The molecule has 162 valence electrons. The number of benzene rings is 4. The Balaban J connectivity index is 1.83. The molecule has 0 aliphatic heterocycles. The standard InChI is InChI=1S/C30H30BrN/c1-3-7-23-11-19-27(20-12-23)32(28-21-13-24(8-4-2)14-22-28)30-10-6-5-9-29(30)25-15-17-26(31)18-16-25/h5-6,9-22H,3-4,7-8H2,1-2H3. The van der Waals surface area contributed by atoms with E-state index in [2.05, 4.69) is 132 Å². The van der Waals surface area contributed by atoms with E-state index in [9.17, 15) is 0 Å². The molecule has 32 heavy (non-hydrogen) atoms. The summed E-state index contributed by atoms with van der Waals surface area (Å²) in [6, 6.07) is 35.3. The Morgan fingerprint density at radius 2 is 1.09 bits per heavy atom. The largest absolute Gasteiger partial charge is 0.310 e. The summed E-state index contributed by atoms with van der Waals surface area (Å²) >= 11 is 3.57. The second kappa shape index (κ2) is 10.7. The third kappa shape index (κ3) is 5.14. The molecule has 0 saturated carbocycles. The minimum Gasteiger partial charge on any atom is -0.310 e. The van der Waals surface area contributed by atoms with Crippen LogP contribution in [0.25, 0.3) is 11.1 Å². The van der Waals surface area contributed by atoms with Gasteiger partial charge in [-0.05, 0) is 72.0 Å². The average Bonchev–Trinajstić information content (AvgIpc) is 2.83. The second-order valence-corrected chi connectivity index (χ2v) is 9.11. The monoisotopic (exact) mass is 483 g/mol. The lowest BCUT2D eigenvalue weighted by Gasteiger charge is -2.28. The van der Waals surface area contributed by atoms with Gasteiger partial charge in [-0.25, -0.2) is 0 Å². The fourth-order valence-electron chi connectivity index (χ4n) is 4.17. The Morgan fingerprint density at radius 3 is 1.59 bits per heavy atom. The van der Waals surface area contributed by atoms with E-state index >= 15 is 0 Å². The number of nitrogens with zero attached hydrogens (tertiary/aromatic N) is 1. The van der Waals surface area contributed by atoms with E-state index in [1.165, 1.54) is 39.3 Å². The first-order chi connectivity index (χ1) is 15.7. The van der Waals surface area contributed by atoms with Crippen LogP contribution < -0.4 is 4.90 Å². The molecule has 0 saturated heterocycles. The summed E-state index contributed by atoms with van der Waals surface area (Å²) in [7, 11) is 0. The molecule has 0 fully saturated rings. The number of halogens is 1. The Labute approximate surface area is 200 Å². The van der Waals surface area contributed by atoms with Crippen LogP contribution in [0.5, 0.6) is 0 Å². The molecule has 4 aromatic carbocycles. The van der Waals surface area contributed by atoms with E-state index in [0.717, 1.165) is 30.2 Å². The van der Waals surface area contributed by atoms with E-state index < -0.39 is 0 Å². The van der Waals surface area contributed by atoms with Crippen molar-refractivity contribution in [3.8, 4) is 11.1 Å². The molecule has 0 aromatic heterocycles. The van der Waals surface area contributed by atoms with Crippen molar-refractivity contribution in [2.45, 2.75) is 39.5 Å². The van der Waals surface area contributed by atoms with Gasteiger partial charge in [-0.1, -0.05) is 97.2 Å². The highest BCUT2D eigenvalue weighted by molar-refractivity contribution is 9.10. The first kappa shape index (κ1) is 22.4. The fourth-order valence-corrected chi connectivity index (χ4v) is 4.43. The number of anilines is 3. The van der Waals surface area contributed by atoms with Crippen LogP contribution in [-0.4, -0.2) is 0 Å².